The Morgan fingerprint density at radius 1 is 1.15 bits per heavy atom. The lowest BCUT2D eigenvalue weighted by molar-refractivity contribution is 0.585. The second kappa shape index (κ2) is 7.64. The summed E-state index contributed by atoms with van der Waals surface area (Å²) < 4.78 is 23.9. The van der Waals surface area contributed by atoms with Crippen molar-refractivity contribution in [2.45, 2.75) is 39.0 Å². The van der Waals surface area contributed by atoms with Gasteiger partial charge in [-0.25, -0.2) is 8.42 Å². The first-order valence-electron chi connectivity index (χ1n) is 7.16. The van der Waals surface area contributed by atoms with Crippen LogP contribution in [-0.4, -0.2) is 32.5 Å². The Kier molecular flexibility index (Phi) is 6.49. The lowest BCUT2D eigenvalue weighted by Gasteiger charge is -2.25. The Morgan fingerprint density at radius 3 is 2.20 bits per heavy atom. The molecule has 0 aliphatic rings. The fourth-order valence-electron chi connectivity index (χ4n) is 1.96. The van der Waals surface area contributed by atoms with Crippen LogP contribution in [0.5, 0.6) is 0 Å². The molecule has 0 saturated carbocycles. The van der Waals surface area contributed by atoms with Crippen LogP contribution in [0.15, 0.2) is 24.3 Å². The molecule has 0 aliphatic carbocycles. The molecule has 2 N–H and O–H groups in total. The van der Waals surface area contributed by atoms with Crippen LogP contribution in [0.1, 0.15) is 32.8 Å². The van der Waals surface area contributed by atoms with Crippen LogP contribution in [0.4, 0.5) is 5.69 Å². The highest BCUT2D eigenvalue weighted by Gasteiger charge is 2.17. The molecule has 0 radical (unpaired) electrons. The van der Waals surface area contributed by atoms with Crippen LogP contribution in [0.2, 0.25) is 0 Å². The fourth-order valence-corrected chi connectivity index (χ4v) is 2.90. The summed E-state index contributed by atoms with van der Waals surface area (Å²) in [6, 6.07) is 8.02. The van der Waals surface area contributed by atoms with E-state index in [1.165, 1.54) is 0 Å². The Hall–Kier alpha value is -1.07. The van der Waals surface area contributed by atoms with E-state index < -0.39 is 9.84 Å². The summed E-state index contributed by atoms with van der Waals surface area (Å²) in [7, 11) is -2.99. The molecule has 0 unspecified atom stereocenters. The van der Waals surface area contributed by atoms with Gasteiger partial charge in [0.2, 0.25) is 0 Å². The van der Waals surface area contributed by atoms with Gasteiger partial charge >= 0.3 is 0 Å². The van der Waals surface area contributed by atoms with Crippen molar-refractivity contribution in [2.75, 3.05) is 23.7 Å². The first-order chi connectivity index (χ1) is 9.40. The number of anilines is 1. The minimum Gasteiger partial charge on any atom is -0.371 e. The summed E-state index contributed by atoms with van der Waals surface area (Å²) in [5.74, 6) is 0.198. The smallest absolute Gasteiger partial charge is 0.154 e. The zero-order chi connectivity index (χ0) is 15.2. The second-order valence-corrected chi connectivity index (χ2v) is 7.95. The SMILES string of the molecule is CCCN(CCS(=O)(=O)C(C)C)c1ccc(CN)cc1. The number of nitrogens with zero attached hydrogens (tertiary/aromatic N) is 1. The number of nitrogens with two attached hydrogens (primary N) is 1. The van der Waals surface area contributed by atoms with Gasteiger partial charge in [0.15, 0.2) is 9.84 Å². The maximum atomic E-state index is 11.9. The molecule has 0 heterocycles. The lowest BCUT2D eigenvalue weighted by atomic mass is 10.2. The van der Waals surface area contributed by atoms with E-state index in [4.69, 9.17) is 5.73 Å². The monoisotopic (exact) mass is 298 g/mol. The van der Waals surface area contributed by atoms with Gasteiger partial charge in [0, 0.05) is 25.3 Å². The van der Waals surface area contributed by atoms with Gasteiger partial charge < -0.3 is 10.6 Å². The third kappa shape index (κ3) is 4.80. The number of benzene rings is 1. The van der Waals surface area contributed by atoms with E-state index in [2.05, 4.69) is 11.8 Å². The maximum absolute atomic E-state index is 11.9. The second-order valence-electron chi connectivity index (χ2n) is 5.27. The average Bonchev–Trinajstić information content (AvgIpc) is 2.43. The summed E-state index contributed by atoms with van der Waals surface area (Å²) in [5.41, 5.74) is 7.73. The standard InChI is InChI=1S/C15H26N2O2S/c1-4-9-17(10-11-20(18,19)13(2)3)15-7-5-14(12-16)6-8-15/h5-8,13H,4,9-12,16H2,1-3H3. The molecule has 1 aromatic carbocycles. The van der Waals surface area contributed by atoms with Crippen molar-refractivity contribution in [1.29, 1.82) is 0 Å². The fraction of sp³-hybridized carbons (Fsp3) is 0.600. The quantitative estimate of drug-likeness (QED) is 0.799. The van der Waals surface area contributed by atoms with Gasteiger partial charge in [-0.2, -0.15) is 0 Å². The molecule has 1 aromatic rings. The summed E-state index contributed by atoms with van der Waals surface area (Å²) in [4.78, 5) is 2.13. The van der Waals surface area contributed by atoms with Gasteiger partial charge in [-0.15, -0.1) is 0 Å². The molecule has 1 rings (SSSR count). The Balaban J connectivity index is 2.78. The molecule has 0 saturated heterocycles. The Morgan fingerprint density at radius 2 is 1.75 bits per heavy atom. The van der Waals surface area contributed by atoms with Crippen molar-refractivity contribution >= 4 is 15.5 Å². The number of hydrogen-bond donors (Lipinski definition) is 1. The lowest BCUT2D eigenvalue weighted by Crippen LogP contribution is -2.32. The third-order valence-electron chi connectivity index (χ3n) is 3.39. The van der Waals surface area contributed by atoms with Crippen LogP contribution in [0.3, 0.4) is 0 Å². The number of rotatable bonds is 8. The Bertz CT molecular complexity index is 495. The molecule has 0 spiro atoms. The topological polar surface area (TPSA) is 63.4 Å². The van der Waals surface area contributed by atoms with Gasteiger partial charge in [0.05, 0.1) is 11.0 Å². The van der Waals surface area contributed by atoms with Crippen molar-refractivity contribution in [1.82, 2.24) is 0 Å². The van der Waals surface area contributed by atoms with E-state index in [1.54, 1.807) is 13.8 Å². The molecule has 114 valence electrons. The van der Waals surface area contributed by atoms with E-state index in [0.717, 1.165) is 24.2 Å². The van der Waals surface area contributed by atoms with E-state index >= 15 is 0 Å². The van der Waals surface area contributed by atoms with E-state index in [0.29, 0.717) is 13.1 Å². The Labute approximate surface area is 122 Å². The summed E-state index contributed by atoms with van der Waals surface area (Å²) in [6.07, 6.45) is 0.986. The molecule has 0 fully saturated rings. The van der Waals surface area contributed by atoms with Crippen LogP contribution >= 0.6 is 0 Å². The molecule has 4 nitrogen and oxygen atoms in total. The van der Waals surface area contributed by atoms with Crippen molar-refractivity contribution < 1.29 is 8.42 Å². The van der Waals surface area contributed by atoms with Crippen molar-refractivity contribution in [3.63, 3.8) is 0 Å². The van der Waals surface area contributed by atoms with Crippen LogP contribution < -0.4 is 10.6 Å². The number of sulfone groups is 1. The number of hydrogen-bond acceptors (Lipinski definition) is 4. The van der Waals surface area contributed by atoms with Gasteiger partial charge in [0.1, 0.15) is 0 Å². The molecule has 0 atom stereocenters. The van der Waals surface area contributed by atoms with E-state index in [9.17, 15) is 8.42 Å². The van der Waals surface area contributed by atoms with Crippen LogP contribution in [-0.2, 0) is 16.4 Å². The van der Waals surface area contributed by atoms with Crippen LogP contribution in [0, 0.1) is 0 Å². The third-order valence-corrected chi connectivity index (χ3v) is 5.58. The van der Waals surface area contributed by atoms with Gasteiger partial charge in [-0.1, -0.05) is 19.1 Å². The average molecular weight is 298 g/mol. The molecular weight excluding hydrogens is 272 g/mol. The highest BCUT2D eigenvalue weighted by molar-refractivity contribution is 7.92. The zero-order valence-electron chi connectivity index (χ0n) is 12.7. The largest absolute Gasteiger partial charge is 0.371 e. The first kappa shape index (κ1) is 17.0. The molecular formula is C15H26N2O2S. The minimum absolute atomic E-state index is 0.198. The summed E-state index contributed by atoms with van der Waals surface area (Å²) >= 11 is 0. The van der Waals surface area contributed by atoms with Crippen molar-refractivity contribution in [3.8, 4) is 0 Å². The molecule has 5 heteroatoms. The molecule has 0 amide bonds. The van der Waals surface area contributed by atoms with Gasteiger partial charge in [-0.05, 0) is 38.0 Å². The molecule has 0 bridgehead atoms. The molecule has 20 heavy (non-hydrogen) atoms. The first-order valence-corrected chi connectivity index (χ1v) is 8.87. The maximum Gasteiger partial charge on any atom is 0.154 e. The van der Waals surface area contributed by atoms with E-state index in [-0.39, 0.29) is 11.0 Å². The van der Waals surface area contributed by atoms with Gasteiger partial charge in [0.25, 0.3) is 0 Å². The summed E-state index contributed by atoms with van der Waals surface area (Å²) in [5, 5.41) is -0.314. The molecule has 0 aromatic heterocycles. The predicted molar refractivity (Wildman–Crippen MR) is 85.8 cm³/mol. The normalized spacial score (nSPS) is 11.8. The molecule has 0 aliphatic heterocycles. The van der Waals surface area contributed by atoms with Gasteiger partial charge in [-0.3, -0.25) is 0 Å². The highest BCUT2D eigenvalue weighted by atomic mass is 32.2. The zero-order valence-corrected chi connectivity index (χ0v) is 13.5. The van der Waals surface area contributed by atoms with E-state index in [1.807, 2.05) is 24.3 Å². The van der Waals surface area contributed by atoms with Crippen molar-refractivity contribution in [2.24, 2.45) is 5.73 Å². The predicted octanol–water partition coefficient (Wildman–Crippen LogP) is 2.18. The van der Waals surface area contributed by atoms with Crippen LogP contribution in [0.25, 0.3) is 0 Å². The highest BCUT2D eigenvalue weighted by Crippen LogP contribution is 2.16. The summed E-state index contributed by atoms with van der Waals surface area (Å²) in [6.45, 7) is 7.48. The van der Waals surface area contributed by atoms with Crippen molar-refractivity contribution in [3.05, 3.63) is 29.8 Å². The minimum atomic E-state index is -2.99.